The summed E-state index contributed by atoms with van der Waals surface area (Å²) in [6, 6.07) is 10.3. The maximum absolute atomic E-state index is 12.3. The van der Waals surface area contributed by atoms with Crippen LogP contribution in [0.2, 0.25) is 5.02 Å². The fourth-order valence-electron chi connectivity index (χ4n) is 2.11. The molecule has 2 N–H and O–H groups in total. The quantitative estimate of drug-likeness (QED) is 0.802. The number of ether oxygens (including phenoxy) is 1. The highest BCUT2D eigenvalue weighted by atomic mass is 35.5. The van der Waals surface area contributed by atoms with Crippen molar-refractivity contribution in [2.24, 2.45) is 0 Å². The summed E-state index contributed by atoms with van der Waals surface area (Å²) in [6.45, 7) is 3.47. The number of rotatable bonds is 6. The maximum atomic E-state index is 12.3. The van der Waals surface area contributed by atoms with Gasteiger partial charge in [-0.05, 0) is 56.3 Å². The van der Waals surface area contributed by atoms with E-state index in [0.717, 1.165) is 0 Å². The van der Waals surface area contributed by atoms with Crippen LogP contribution in [-0.2, 0) is 10.0 Å². The number of benzene rings is 2. The maximum Gasteiger partial charge on any atom is 0.255 e. The summed E-state index contributed by atoms with van der Waals surface area (Å²) in [6.07, 6.45) is 0. The Kier molecular flexibility index (Phi) is 6.05. The lowest BCUT2D eigenvalue weighted by molar-refractivity contribution is 0.102. The number of carbonyl (C=O) groups is 1. The van der Waals surface area contributed by atoms with E-state index in [1.807, 2.05) is 0 Å². The predicted molar refractivity (Wildman–Crippen MR) is 97.9 cm³/mol. The second-order valence-electron chi connectivity index (χ2n) is 5.60. The first kappa shape index (κ1) is 19.2. The Morgan fingerprint density at radius 3 is 2.28 bits per heavy atom. The molecule has 0 aliphatic rings. The van der Waals surface area contributed by atoms with E-state index < -0.39 is 10.0 Å². The Hall–Kier alpha value is -2.09. The molecule has 0 atom stereocenters. The van der Waals surface area contributed by atoms with Crippen molar-refractivity contribution in [3.63, 3.8) is 0 Å². The van der Waals surface area contributed by atoms with E-state index in [1.54, 1.807) is 32.0 Å². The lowest BCUT2D eigenvalue weighted by atomic mass is 10.2. The van der Waals surface area contributed by atoms with Gasteiger partial charge in [-0.25, -0.2) is 13.1 Å². The molecular weight excluding hydrogens is 364 g/mol. The molecule has 0 aliphatic heterocycles. The number of methoxy groups -OCH3 is 1. The molecule has 1 amide bonds. The molecule has 0 saturated heterocycles. The SMILES string of the molecule is COc1ccc(NC(=O)c2ccc(S(=O)(=O)NC(C)C)cc2)cc1Cl. The smallest absolute Gasteiger partial charge is 0.255 e. The Morgan fingerprint density at radius 2 is 1.76 bits per heavy atom. The average molecular weight is 383 g/mol. The number of hydrogen-bond donors (Lipinski definition) is 2. The van der Waals surface area contributed by atoms with Crippen LogP contribution in [0.4, 0.5) is 5.69 Å². The van der Waals surface area contributed by atoms with Crippen LogP contribution in [0.25, 0.3) is 0 Å². The fraction of sp³-hybridized carbons (Fsp3) is 0.235. The van der Waals surface area contributed by atoms with Crippen LogP contribution in [0.15, 0.2) is 47.4 Å². The molecule has 25 heavy (non-hydrogen) atoms. The zero-order chi connectivity index (χ0) is 18.6. The van der Waals surface area contributed by atoms with E-state index in [1.165, 1.54) is 31.4 Å². The van der Waals surface area contributed by atoms with E-state index >= 15 is 0 Å². The monoisotopic (exact) mass is 382 g/mol. The molecule has 8 heteroatoms. The summed E-state index contributed by atoms with van der Waals surface area (Å²) < 4.78 is 31.7. The third-order valence-corrected chi connectivity index (χ3v) is 5.20. The minimum atomic E-state index is -3.59. The van der Waals surface area contributed by atoms with Crippen molar-refractivity contribution in [2.75, 3.05) is 12.4 Å². The highest BCUT2D eigenvalue weighted by molar-refractivity contribution is 7.89. The Bertz CT molecular complexity index is 865. The molecule has 134 valence electrons. The molecule has 0 fully saturated rings. The minimum absolute atomic E-state index is 0.102. The average Bonchev–Trinajstić information content (AvgIpc) is 2.54. The van der Waals surface area contributed by atoms with E-state index in [2.05, 4.69) is 10.0 Å². The van der Waals surface area contributed by atoms with Crippen molar-refractivity contribution in [3.05, 3.63) is 53.1 Å². The molecule has 2 aromatic carbocycles. The molecule has 6 nitrogen and oxygen atoms in total. The number of carbonyl (C=O) groups excluding carboxylic acids is 1. The molecule has 0 aromatic heterocycles. The molecule has 0 aliphatic carbocycles. The number of halogens is 1. The van der Waals surface area contributed by atoms with Crippen LogP contribution in [0.1, 0.15) is 24.2 Å². The van der Waals surface area contributed by atoms with Crippen LogP contribution in [0.5, 0.6) is 5.75 Å². The summed E-state index contributed by atoms with van der Waals surface area (Å²) in [5.41, 5.74) is 0.837. The van der Waals surface area contributed by atoms with Gasteiger partial charge in [-0.2, -0.15) is 0 Å². The predicted octanol–water partition coefficient (Wildman–Crippen LogP) is 3.29. The van der Waals surface area contributed by atoms with E-state index in [0.29, 0.717) is 22.0 Å². The molecule has 2 aromatic rings. The van der Waals surface area contributed by atoms with Crippen molar-refractivity contribution in [1.29, 1.82) is 0 Å². The van der Waals surface area contributed by atoms with Crippen LogP contribution >= 0.6 is 11.6 Å². The third kappa shape index (κ3) is 4.94. The van der Waals surface area contributed by atoms with Crippen LogP contribution in [-0.4, -0.2) is 27.5 Å². The van der Waals surface area contributed by atoms with Gasteiger partial charge in [0, 0.05) is 17.3 Å². The summed E-state index contributed by atoms with van der Waals surface area (Å²) in [5.74, 6) is 0.133. The first-order valence-corrected chi connectivity index (χ1v) is 9.36. The first-order valence-electron chi connectivity index (χ1n) is 7.50. The summed E-state index contributed by atoms with van der Waals surface area (Å²) in [7, 11) is -2.08. The summed E-state index contributed by atoms with van der Waals surface area (Å²) in [4.78, 5) is 12.4. The number of nitrogens with one attached hydrogen (secondary N) is 2. The van der Waals surface area contributed by atoms with Crippen molar-refractivity contribution in [3.8, 4) is 5.75 Å². The lowest BCUT2D eigenvalue weighted by Crippen LogP contribution is -2.30. The molecule has 0 radical (unpaired) electrons. The van der Waals surface area contributed by atoms with Crippen LogP contribution in [0, 0.1) is 0 Å². The fourth-order valence-corrected chi connectivity index (χ4v) is 3.62. The first-order chi connectivity index (χ1) is 11.7. The topological polar surface area (TPSA) is 84.5 Å². The van der Waals surface area contributed by atoms with Crippen molar-refractivity contribution >= 4 is 33.2 Å². The van der Waals surface area contributed by atoms with Gasteiger partial charge in [0.05, 0.1) is 17.0 Å². The van der Waals surface area contributed by atoms with E-state index in [4.69, 9.17) is 16.3 Å². The molecule has 0 saturated carbocycles. The molecule has 0 unspecified atom stereocenters. The molecule has 0 spiro atoms. The zero-order valence-electron chi connectivity index (χ0n) is 14.0. The standard InChI is InChI=1S/C17H19ClN2O4S/c1-11(2)20-25(22,23)14-7-4-12(5-8-14)17(21)19-13-6-9-16(24-3)15(18)10-13/h4-11,20H,1-3H3,(H,19,21). The molecule has 0 bridgehead atoms. The number of anilines is 1. The van der Waals surface area contributed by atoms with Gasteiger partial charge in [-0.1, -0.05) is 11.6 Å². The molecular formula is C17H19ClN2O4S. The van der Waals surface area contributed by atoms with Crippen molar-refractivity contribution < 1.29 is 17.9 Å². The Balaban J connectivity index is 2.14. The van der Waals surface area contributed by atoms with Gasteiger partial charge in [0.25, 0.3) is 5.91 Å². The van der Waals surface area contributed by atoms with Gasteiger partial charge < -0.3 is 10.1 Å². The number of hydrogen-bond acceptors (Lipinski definition) is 4. The van der Waals surface area contributed by atoms with Crippen molar-refractivity contribution in [1.82, 2.24) is 4.72 Å². The minimum Gasteiger partial charge on any atom is -0.495 e. The van der Waals surface area contributed by atoms with Gasteiger partial charge in [0.1, 0.15) is 5.75 Å². The Labute approximate surface area is 152 Å². The summed E-state index contributed by atoms with van der Waals surface area (Å²) in [5, 5.41) is 3.07. The largest absolute Gasteiger partial charge is 0.495 e. The van der Waals surface area contributed by atoms with Gasteiger partial charge in [0.2, 0.25) is 10.0 Å². The highest BCUT2D eigenvalue weighted by Gasteiger charge is 2.16. The van der Waals surface area contributed by atoms with Gasteiger partial charge in [0.15, 0.2) is 0 Å². The highest BCUT2D eigenvalue weighted by Crippen LogP contribution is 2.27. The number of amides is 1. The van der Waals surface area contributed by atoms with Gasteiger partial charge in [-0.15, -0.1) is 0 Å². The lowest BCUT2D eigenvalue weighted by Gasteiger charge is -2.11. The number of sulfonamides is 1. The molecule has 2 rings (SSSR count). The van der Waals surface area contributed by atoms with E-state index in [-0.39, 0.29) is 16.8 Å². The van der Waals surface area contributed by atoms with Crippen LogP contribution < -0.4 is 14.8 Å². The van der Waals surface area contributed by atoms with Crippen molar-refractivity contribution in [2.45, 2.75) is 24.8 Å². The third-order valence-electron chi connectivity index (χ3n) is 3.23. The normalized spacial score (nSPS) is 11.4. The summed E-state index contributed by atoms with van der Waals surface area (Å²) >= 11 is 6.02. The Morgan fingerprint density at radius 1 is 1.12 bits per heavy atom. The van der Waals surface area contributed by atoms with Crippen LogP contribution in [0.3, 0.4) is 0 Å². The van der Waals surface area contributed by atoms with E-state index in [9.17, 15) is 13.2 Å². The second kappa shape index (κ2) is 7.86. The zero-order valence-corrected chi connectivity index (χ0v) is 15.6. The second-order valence-corrected chi connectivity index (χ2v) is 7.72. The van der Waals surface area contributed by atoms with Gasteiger partial charge in [-0.3, -0.25) is 4.79 Å². The molecule has 0 heterocycles. The van der Waals surface area contributed by atoms with Gasteiger partial charge >= 0.3 is 0 Å².